The number of hydrogen-bond donors (Lipinski definition) is 2. The number of thiocarbonyl (C=S) groups is 1. The molecule has 0 radical (unpaired) electrons. The van der Waals surface area contributed by atoms with E-state index in [4.69, 9.17) is 23.1 Å². The molecule has 0 saturated carbocycles. The fraction of sp³-hybridized carbons (Fsp3) is 0.100. The van der Waals surface area contributed by atoms with Crippen molar-refractivity contribution >= 4 is 35.1 Å². The van der Waals surface area contributed by atoms with Crippen LogP contribution in [0.4, 0.5) is 10.5 Å². The summed E-state index contributed by atoms with van der Waals surface area (Å²) in [6.45, 7) is 0. The first-order chi connectivity index (χ1) is 7.97. The Morgan fingerprint density at radius 3 is 2.59 bits per heavy atom. The Morgan fingerprint density at radius 1 is 1.47 bits per heavy atom. The molecule has 1 rings (SSSR count). The molecule has 0 unspecified atom stereocenters. The van der Waals surface area contributed by atoms with Crippen molar-refractivity contribution in [2.24, 2.45) is 5.73 Å². The van der Waals surface area contributed by atoms with Gasteiger partial charge in [0.1, 0.15) is 0 Å². The van der Waals surface area contributed by atoms with E-state index in [0.29, 0.717) is 0 Å². The van der Waals surface area contributed by atoms with Crippen LogP contribution in [0.25, 0.3) is 0 Å². The molecule has 6 nitrogen and oxygen atoms in total. The van der Waals surface area contributed by atoms with Gasteiger partial charge in [-0.3, -0.25) is 0 Å². The first-order valence-electron chi connectivity index (χ1n) is 4.48. The van der Waals surface area contributed by atoms with E-state index in [1.807, 2.05) is 0 Å². The number of hydrogen-bond acceptors (Lipinski definition) is 4. The van der Waals surface area contributed by atoms with E-state index < -0.39 is 12.1 Å². The number of rotatable bonds is 2. The summed E-state index contributed by atoms with van der Waals surface area (Å²) in [5, 5.41) is 8.60. The van der Waals surface area contributed by atoms with Gasteiger partial charge in [-0.05, 0) is 30.4 Å². The van der Waals surface area contributed by atoms with Crippen LogP contribution < -0.4 is 10.6 Å². The third-order valence-corrected chi connectivity index (χ3v) is 2.11. The van der Waals surface area contributed by atoms with Crippen molar-refractivity contribution in [3.05, 3.63) is 29.8 Å². The largest absolute Gasteiger partial charge is 0.478 e. The Balaban J connectivity index is 3.19. The van der Waals surface area contributed by atoms with Gasteiger partial charge in [-0.25, -0.2) is 14.5 Å². The number of carboxylic acids is 1. The Kier molecular flexibility index (Phi) is 4.00. The summed E-state index contributed by atoms with van der Waals surface area (Å²) in [5.74, 6) is -1.11. The van der Waals surface area contributed by atoms with Crippen molar-refractivity contribution in [2.45, 2.75) is 0 Å². The van der Waals surface area contributed by atoms with Gasteiger partial charge in [0.15, 0.2) is 5.11 Å². The fourth-order valence-corrected chi connectivity index (χ4v) is 1.37. The van der Waals surface area contributed by atoms with Crippen LogP contribution in [-0.2, 0) is 4.74 Å². The number of ether oxygens (including phenoxy) is 1. The third-order valence-electron chi connectivity index (χ3n) is 1.93. The summed E-state index contributed by atoms with van der Waals surface area (Å²) in [6.07, 6.45) is -0.778. The first kappa shape index (κ1) is 12.9. The minimum Gasteiger partial charge on any atom is -0.478 e. The highest BCUT2D eigenvalue weighted by Gasteiger charge is 2.19. The molecule has 1 amide bonds. The molecular weight excluding hydrogens is 244 g/mol. The summed E-state index contributed by atoms with van der Waals surface area (Å²) in [5.41, 5.74) is 5.64. The maximum Gasteiger partial charge on any atom is 0.420 e. The van der Waals surface area contributed by atoms with Crippen LogP contribution >= 0.6 is 12.2 Å². The molecule has 0 spiro atoms. The third kappa shape index (κ3) is 2.91. The Labute approximate surface area is 103 Å². The predicted octanol–water partition coefficient (Wildman–Crippen LogP) is 1.20. The van der Waals surface area contributed by atoms with Crippen molar-refractivity contribution in [2.75, 3.05) is 12.0 Å². The lowest BCUT2D eigenvalue weighted by atomic mass is 10.2. The molecule has 3 N–H and O–H groups in total. The van der Waals surface area contributed by atoms with Gasteiger partial charge in [-0.1, -0.05) is 6.07 Å². The number of amides is 1. The van der Waals surface area contributed by atoms with E-state index in [2.05, 4.69) is 4.74 Å². The second-order valence-electron chi connectivity index (χ2n) is 3.00. The molecular formula is C10H10N2O4S. The van der Waals surface area contributed by atoms with Crippen molar-refractivity contribution < 1.29 is 19.4 Å². The van der Waals surface area contributed by atoms with Gasteiger partial charge in [0, 0.05) is 0 Å². The Hall–Kier alpha value is -2.15. The molecule has 0 aromatic heterocycles. The molecule has 7 heteroatoms. The van der Waals surface area contributed by atoms with Crippen LogP contribution in [0, 0.1) is 0 Å². The van der Waals surface area contributed by atoms with Crippen LogP contribution in [0.3, 0.4) is 0 Å². The number of nitrogens with two attached hydrogens (primary N) is 1. The van der Waals surface area contributed by atoms with Crippen molar-refractivity contribution in [3.8, 4) is 0 Å². The maximum absolute atomic E-state index is 11.4. The number of carbonyl (C=O) groups excluding carboxylic acids is 1. The number of anilines is 1. The van der Waals surface area contributed by atoms with Gasteiger partial charge in [0.05, 0.1) is 18.4 Å². The molecule has 0 bridgehead atoms. The monoisotopic (exact) mass is 254 g/mol. The normalized spacial score (nSPS) is 9.47. The molecule has 0 saturated heterocycles. The van der Waals surface area contributed by atoms with E-state index in [1.54, 1.807) is 0 Å². The lowest BCUT2D eigenvalue weighted by molar-refractivity contribution is 0.0697. The zero-order valence-electron chi connectivity index (χ0n) is 8.91. The number of carbonyl (C=O) groups is 2. The second kappa shape index (κ2) is 5.26. The Morgan fingerprint density at radius 2 is 2.12 bits per heavy atom. The summed E-state index contributed by atoms with van der Waals surface area (Å²) in [6, 6.07) is 5.65. The average molecular weight is 254 g/mol. The summed E-state index contributed by atoms with van der Waals surface area (Å²) < 4.78 is 4.50. The summed E-state index contributed by atoms with van der Waals surface area (Å²) in [4.78, 5) is 23.1. The van der Waals surface area contributed by atoms with Gasteiger partial charge in [-0.15, -0.1) is 0 Å². The van der Waals surface area contributed by atoms with Crippen LogP contribution in [0.5, 0.6) is 0 Å². The number of methoxy groups -OCH3 is 1. The predicted molar refractivity (Wildman–Crippen MR) is 65.1 cm³/mol. The lowest BCUT2D eigenvalue weighted by Crippen LogP contribution is -2.40. The van der Waals surface area contributed by atoms with Gasteiger partial charge in [-0.2, -0.15) is 0 Å². The van der Waals surface area contributed by atoms with Crippen molar-refractivity contribution in [3.63, 3.8) is 0 Å². The zero-order valence-corrected chi connectivity index (χ0v) is 9.73. The van der Waals surface area contributed by atoms with E-state index >= 15 is 0 Å². The number of carboxylic acid groups (broad SMARTS) is 1. The zero-order chi connectivity index (χ0) is 13.0. The molecule has 0 heterocycles. The fourth-order valence-electron chi connectivity index (χ4n) is 1.19. The van der Waals surface area contributed by atoms with E-state index in [9.17, 15) is 9.59 Å². The molecule has 1 aromatic rings. The summed E-state index contributed by atoms with van der Waals surface area (Å²) >= 11 is 4.71. The number of nitrogens with zero attached hydrogens (tertiary/aromatic N) is 1. The SMILES string of the molecule is COC(=O)N(C(N)=S)c1cccc(C(=O)O)c1. The number of benzene rings is 1. The molecule has 0 aliphatic rings. The average Bonchev–Trinajstić information content (AvgIpc) is 2.28. The van der Waals surface area contributed by atoms with E-state index in [-0.39, 0.29) is 16.4 Å². The molecule has 1 aromatic carbocycles. The van der Waals surface area contributed by atoms with Gasteiger partial charge in [0.2, 0.25) is 0 Å². The standard InChI is InChI=1S/C10H10N2O4S/c1-16-10(15)12(9(11)17)7-4-2-3-6(5-7)8(13)14/h2-5H,1H3,(H2,11,17)(H,13,14). The van der Waals surface area contributed by atoms with Crippen LogP contribution in [0.2, 0.25) is 0 Å². The molecule has 0 fully saturated rings. The molecule has 0 aliphatic heterocycles. The number of aromatic carboxylic acids is 1. The highest BCUT2D eigenvalue weighted by atomic mass is 32.1. The van der Waals surface area contributed by atoms with Crippen LogP contribution in [0.1, 0.15) is 10.4 Å². The van der Waals surface area contributed by atoms with Gasteiger partial charge in [0.25, 0.3) is 0 Å². The smallest absolute Gasteiger partial charge is 0.420 e. The highest BCUT2D eigenvalue weighted by molar-refractivity contribution is 7.80. The molecule has 90 valence electrons. The molecule has 17 heavy (non-hydrogen) atoms. The first-order valence-corrected chi connectivity index (χ1v) is 4.89. The van der Waals surface area contributed by atoms with Crippen molar-refractivity contribution in [1.82, 2.24) is 0 Å². The van der Waals surface area contributed by atoms with Crippen molar-refractivity contribution in [1.29, 1.82) is 0 Å². The lowest BCUT2D eigenvalue weighted by Gasteiger charge is -2.19. The molecule has 0 aliphatic carbocycles. The van der Waals surface area contributed by atoms with E-state index in [0.717, 1.165) is 4.90 Å². The minimum atomic E-state index is -1.11. The maximum atomic E-state index is 11.4. The molecule has 0 atom stereocenters. The van der Waals surface area contributed by atoms with E-state index in [1.165, 1.54) is 31.4 Å². The summed E-state index contributed by atoms with van der Waals surface area (Å²) in [7, 11) is 1.18. The topological polar surface area (TPSA) is 92.9 Å². The highest BCUT2D eigenvalue weighted by Crippen LogP contribution is 2.17. The quantitative estimate of drug-likeness (QED) is 0.770. The minimum absolute atomic E-state index is 0.0210. The Bertz CT molecular complexity index is 475. The van der Waals surface area contributed by atoms with Gasteiger partial charge < -0.3 is 15.6 Å². The van der Waals surface area contributed by atoms with Crippen LogP contribution in [-0.4, -0.2) is 29.4 Å². The van der Waals surface area contributed by atoms with Gasteiger partial charge >= 0.3 is 12.1 Å². The van der Waals surface area contributed by atoms with Crippen LogP contribution in [0.15, 0.2) is 24.3 Å². The second-order valence-corrected chi connectivity index (χ2v) is 3.42.